The Labute approximate surface area is 641 Å². The van der Waals surface area contributed by atoms with Crippen molar-refractivity contribution >= 4 is 17.8 Å². The molecule has 5 rings (SSSR count). The third kappa shape index (κ3) is 30.1. The number of carbonyl (C=O) groups excluding carboxylic acids is 2. The summed E-state index contributed by atoms with van der Waals surface area (Å²) in [5, 5.41) is 216. The number of hydrogen-bond donors (Lipinski definition) is 21. The maximum Gasteiger partial charge on any atom is 0.364 e. The average molecular weight is 1580 g/mol. The zero-order valence-corrected chi connectivity index (χ0v) is 64.4. The van der Waals surface area contributed by atoms with Crippen LogP contribution in [-0.2, 0) is 61.8 Å². The predicted molar refractivity (Wildman–Crippen MR) is 387 cm³/mol. The van der Waals surface area contributed by atoms with Crippen LogP contribution in [0.1, 0.15) is 240 Å². The summed E-state index contributed by atoms with van der Waals surface area (Å²) in [7, 11) is 0. The number of hydrogen-bond acceptors (Lipinski definition) is 31. The van der Waals surface area contributed by atoms with Crippen molar-refractivity contribution in [2.75, 3.05) is 33.0 Å². The molecule has 0 aromatic carbocycles. The normalized spacial score (nSPS) is 34.3. The molecule has 21 N–H and O–H groups in total. The van der Waals surface area contributed by atoms with Gasteiger partial charge < -0.3 is 155 Å². The maximum atomic E-state index is 13.9. The lowest BCUT2D eigenvalue weighted by Gasteiger charge is -2.52. The van der Waals surface area contributed by atoms with Crippen LogP contribution in [-0.4, -0.2) is 331 Å². The van der Waals surface area contributed by atoms with Crippen LogP contribution in [0.5, 0.6) is 0 Å². The van der Waals surface area contributed by atoms with Crippen LogP contribution < -0.4 is 10.6 Å². The summed E-state index contributed by atoms with van der Waals surface area (Å²) < 4.78 is 58.3. The highest BCUT2D eigenvalue weighted by atomic mass is 16.8. The molecule has 0 bridgehead atoms. The van der Waals surface area contributed by atoms with Crippen LogP contribution in [0.4, 0.5) is 0 Å². The molecule has 5 saturated heterocycles. The summed E-state index contributed by atoms with van der Waals surface area (Å²) in [6.07, 6.45) is -20.4. The number of unbranched alkanes of at least 4 members (excludes halogenated alkanes) is 28. The van der Waals surface area contributed by atoms with Crippen LogP contribution in [0.15, 0.2) is 0 Å². The van der Waals surface area contributed by atoms with Gasteiger partial charge in [-0.2, -0.15) is 0 Å². The molecule has 30 atom stereocenters. The van der Waals surface area contributed by atoms with Crippen molar-refractivity contribution in [2.24, 2.45) is 0 Å². The molecule has 0 unspecified atom stereocenters. The molecule has 2 amide bonds. The summed E-state index contributed by atoms with van der Waals surface area (Å²) >= 11 is 0. The van der Waals surface area contributed by atoms with Crippen molar-refractivity contribution in [3.63, 3.8) is 0 Å². The monoisotopic (exact) mass is 1580 g/mol. The van der Waals surface area contributed by atoms with Gasteiger partial charge in [0, 0.05) is 13.3 Å². The molecule has 0 aromatic heterocycles. The van der Waals surface area contributed by atoms with Crippen LogP contribution in [0, 0.1) is 0 Å². The van der Waals surface area contributed by atoms with E-state index in [1.165, 1.54) is 110 Å². The molecular weight excluding hydrogens is 1440 g/mol. The molecule has 0 radical (unpaired) electrons. The third-order valence-electron chi connectivity index (χ3n) is 21.6. The van der Waals surface area contributed by atoms with E-state index in [9.17, 15) is 111 Å². The zero-order valence-electron chi connectivity index (χ0n) is 64.4. The second-order valence-electron chi connectivity index (χ2n) is 30.6. The topological polar surface area (TPSA) is 552 Å². The Morgan fingerprint density at radius 2 is 0.881 bits per heavy atom. The highest BCUT2D eigenvalue weighted by molar-refractivity contribution is 5.80. The Hall–Kier alpha value is -2.71. The fourth-order valence-corrected chi connectivity index (χ4v) is 14.9. The van der Waals surface area contributed by atoms with Crippen molar-refractivity contribution in [3.05, 3.63) is 0 Å². The van der Waals surface area contributed by atoms with Gasteiger partial charge in [0.2, 0.25) is 11.8 Å². The van der Waals surface area contributed by atoms with E-state index in [1.807, 2.05) is 0 Å². The second kappa shape index (κ2) is 51.4. The fourth-order valence-electron chi connectivity index (χ4n) is 14.9. The smallest absolute Gasteiger partial charge is 0.364 e. The van der Waals surface area contributed by atoms with Gasteiger partial charge in [-0.15, -0.1) is 0 Å². The number of nitrogens with one attached hydrogen (secondary N) is 2. The second-order valence-corrected chi connectivity index (χ2v) is 30.6. The highest BCUT2D eigenvalue weighted by Crippen LogP contribution is 2.42. The first-order chi connectivity index (χ1) is 52.1. The van der Waals surface area contributed by atoms with E-state index in [4.69, 9.17) is 47.4 Å². The van der Waals surface area contributed by atoms with Crippen molar-refractivity contribution in [3.8, 4) is 0 Å². The fraction of sp³-hybridized carbons (Fsp3) is 0.960. The highest BCUT2D eigenvalue weighted by Gasteiger charge is 2.62. The number of carboxylic acid groups (broad SMARTS) is 1. The molecule has 640 valence electrons. The molecule has 0 aromatic rings. The Morgan fingerprint density at radius 1 is 0.468 bits per heavy atom. The molecule has 5 heterocycles. The summed E-state index contributed by atoms with van der Waals surface area (Å²) in [6.45, 7) is 1.38. The number of carboxylic acids is 1. The average Bonchev–Trinajstić information content (AvgIpc) is 1.21. The molecule has 34 nitrogen and oxygen atoms in total. The van der Waals surface area contributed by atoms with Gasteiger partial charge in [0.15, 0.2) is 25.2 Å². The van der Waals surface area contributed by atoms with E-state index >= 15 is 0 Å². The summed E-state index contributed by atoms with van der Waals surface area (Å²) in [6, 6.07) is -3.33. The van der Waals surface area contributed by atoms with Gasteiger partial charge in [0.1, 0.15) is 122 Å². The van der Waals surface area contributed by atoms with E-state index in [0.29, 0.717) is 12.8 Å². The van der Waals surface area contributed by atoms with E-state index in [2.05, 4.69) is 24.5 Å². The molecule has 0 spiro atoms. The minimum absolute atomic E-state index is 0.0925. The SMILES string of the molecule is CCCCCCCCCCCCCCCCCCCCCC[C@@H](O)C(=O)N[C@@H](CO[C@@H]1O[C@H](CO)[C@@H](O[C@@H]2O[C@H](CO)[C@H](O)[C@H](O[C@]3(C(=O)O)C[C@H](O[C@H]4O[C@H](CO)[C@H](O[C@@H]5O[C@H]([C@@H](C)O)[C@@H](O)[C@@H]5O)[C@H](O)[C@H]4O)[C@@H](NC(C)=O)[C@H]([C@H](O)[C@H](O)CO)O3)[C@H]2O)[C@H](O)[C@H]1O)[C@H](O)[C@H](O)CCCCCCCCCCCC. The van der Waals surface area contributed by atoms with E-state index in [0.717, 1.165) is 84.0 Å². The number of ether oxygens (including phenoxy) is 10. The number of aliphatic hydroxyl groups excluding tert-OH is 18. The third-order valence-corrected chi connectivity index (χ3v) is 21.6. The number of aliphatic hydroxyl groups is 18. The van der Waals surface area contributed by atoms with E-state index in [-0.39, 0.29) is 12.8 Å². The van der Waals surface area contributed by atoms with Crippen LogP contribution in [0.25, 0.3) is 0 Å². The van der Waals surface area contributed by atoms with Gasteiger partial charge in [0.25, 0.3) is 5.79 Å². The first-order valence-corrected chi connectivity index (χ1v) is 40.5. The minimum Gasteiger partial charge on any atom is -0.477 e. The molecule has 5 aliphatic heterocycles. The predicted octanol–water partition coefficient (Wildman–Crippen LogP) is -0.433. The number of rotatable bonds is 56. The summed E-state index contributed by atoms with van der Waals surface area (Å²) in [5.41, 5.74) is 0. The van der Waals surface area contributed by atoms with Crippen molar-refractivity contribution in [1.29, 1.82) is 0 Å². The lowest BCUT2D eigenvalue weighted by atomic mass is 9.87. The minimum atomic E-state index is -3.40. The van der Waals surface area contributed by atoms with Gasteiger partial charge in [0.05, 0.1) is 63.4 Å². The van der Waals surface area contributed by atoms with E-state index in [1.54, 1.807) is 0 Å². The number of carbonyl (C=O) groups is 3. The number of amides is 2. The maximum absolute atomic E-state index is 13.9. The van der Waals surface area contributed by atoms with Crippen LogP contribution in [0.3, 0.4) is 0 Å². The summed E-state index contributed by atoms with van der Waals surface area (Å²) in [4.78, 5) is 40.4. The van der Waals surface area contributed by atoms with Gasteiger partial charge in [-0.1, -0.05) is 206 Å². The number of aliphatic carboxylic acids is 1. The van der Waals surface area contributed by atoms with Crippen molar-refractivity contribution < 1.29 is 159 Å². The molecule has 5 aliphatic rings. The van der Waals surface area contributed by atoms with Gasteiger partial charge in [-0.3, -0.25) is 9.59 Å². The Balaban J connectivity index is 1.26. The van der Waals surface area contributed by atoms with Crippen molar-refractivity contribution in [1.82, 2.24) is 10.6 Å². The first-order valence-electron chi connectivity index (χ1n) is 40.5. The molecule has 5 fully saturated rings. The Morgan fingerprint density at radius 3 is 1.31 bits per heavy atom. The first kappa shape index (κ1) is 96.9. The molecule has 109 heavy (non-hydrogen) atoms. The van der Waals surface area contributed by atoms with Crippen LogP contribution >= 0.6 is 0 Å². The largest absolute Gasteiger partial charge is 0.477 e. The van der Waals surface area contributed by atoms with Gasteiger partial charge >= 0.3 is 5.97 Å². The molecule has 0 saturated carbocycles. The van der Waals surface area contributed by atoms with Crippen LogP contribution in [0.2, 0.25) is 0 Å². The van der Waals surface area contributed by atoms with Gasteiger partial charge in [-0.25, -0.2) is 4.79 Å². The van der Waals surface area contributed by atoms with Gasteiger partial charge in [-0.05, 0) is 19.8 Å². The zero-order chi connectivity index (χ0) is 80.3. The standard InChI is InChI=1S/C75H138N2O32/c1-5-7-9-11-13-15-17-18-19-20-21-22-23-24-25-26-28-30-32-34-36-47(85)69(97)77-45(54(87)46(84)35-33-31-29-27-16-14-12-10-8-6-2)42-100-70-60(93)58(91)65(51(40-80)103-70)107-73-63(96)68(56(89)50(39-79)102-73)109-75(74(98)99)37-49(53(76-44(4)83)67(108-75)55(88)48(86)38-78)101-71-62(95)59(92)66(52(41-81)104-71)106-72-61(94)57(90)64(105-72)43(3)82/h43,45-68,70-73,78-82,84-96H,5-42H2,1-4H3,(H,76,83)(H,77,97)(H,98,99)/t43-,45+,46-,47-,48-,49+,50-,51-,52-,53-,54+,55-,56+,57+,58-,59-,60-,61+,62-,63-,64-,65-,66+,67-,68+,70-,71+,72+,73+,75+/m1/s1. The quantitative estimate of drug-likeness (QED) is 0.0344. The lowest BCUT2D eigenvalue weighted by Crippen LogP contribution is -2.72. The Kier molecular flexibility index (Phi) is 45.7. The molecule has 0 aliphatic carbocycles. The van der Waals surface area contributed by atoms with E-state index < -0.39 is 241 Å². The Bertz CT molecular complexity index is 2450. The lowest BCUT2D eigenvalue weighted by molar-refractivity contribution is -0.393. The molecular formula is C75H138N2O32. The molecule has 34 heteroatoms. The summed E-state index contributed by atoms with van der Waals surface area (Å²) in [5.74, 6) is -7.37. The van der Waals surface area contributed by atoms with Crippen molar-refractivity contribution in [2.45, 2.75) is 423 Å².